The first kappa shape index (κ1) is 22.2. The summed E-state index contributed by atoms with van der Waals surface area (Å²) < 4.78 is 30.2. The van der Waals surface area contributed by atoms with Crippen molar-refractivity contribution in [3.8, 4) is 11.5 Å². The Labute approximate surface area is 199 Å². The van der Waals surface area contributed by atoms with E-state index in [-0.39, 0.29) is 11.3 Å². The van der Waals surface area contributed by atoms with Crippen LogP contribution in [0.2, 0.25) is 0 Å². The zero-order chi connectivity index (χ0) is 24.7. The highest BCUT2D eigenvalue weighted by atomic mass is 19.1. The predicted molar refractivity (Wildman–Crippen MR) is 126 cm³/mol. The van der Waals surface area contributed by atoms with Crippen LogP contribution in [0.15, 0.2) is 88.5 Å². The van der Waals surface area contributed by atoms with Crippen molar-refractivity contribution in [2.75, 3.05) is 19.1 Å². The lowest BCUT2D eigenvalue weighted by Crippen LogP contribution is -2.31. The summed E-state index contributed by atoms with van der Waals surface area (Å²) in [6.45, 7) is 0. The molecule has 0 radical (unpaired) electrons. The number of carbonyl (C=O) groups excluding carboxylic acids is 2. The minimum atomic E-state index is -1.05. The molecule has 1 aliphatic heterocycles. The van der Waals surface area contributed by atoms with E-state index in [0.717, 1.165) is 0 Å². The number of Topliss-reactive ketones (excluding diaryl/α,β-unsaturated/α-hetero) is 1. The summed E-state index contributed by atoms with van der Waals surface area (Å²) in [4.78, 5) is 28.3. The van der Waals surface area contributed by atoms with Crippen LogP contribution in [0.4, 0.5) is 10.1 Å². The summed E-state index contributed by atoms with van der Waals surface area (Å²) in [5.74, 6) is -1.90. The molecule has 0 aliphatic carbocycles. The number of aliphatic hydroxyl groups is 1. The van der Waals surface area contributed by atoms with Crippen LogP contribution >= 0.6 is 0 Å². The standard InChI is InChI=1S/C27H20FNO6/c1-33-19-8-4-3-7-18(19)23-22(25(31)27(32)29(23)17-12-10-16(28)11-13-17)24(30)21-14-15-6-5-9-20(34-2)26(15)35-21/h3-14,23,31H,1-2H3. The molecule has 0 fully saturated rings. The number of para-hydroxylation sites is 2. The Hall–Kier alpha value is -4.59. The summed E-state index contributed by atoms with van der Waals surface area (Å²) in [5.41, 5.74) is 0.954. The molecule has 1 aliphatic rings. The van der Waals surface area contributed by atoms with Crippen LogP contribution in [0.1, 0.15) is 22.2 Å². The second kappa shape index (κ2) is 8.64. The molecule has 1 unspecified atom stereocenters. The lowest BCUT2D eigenvalue weighted by atomic mass is 9.94. The maximum Gasteiger partial charge on any atom is 0.294 e. The number of amides is 1. The fraction of sp³-hybridized carbons (Fsp3) is 0.111. The van der Waals surface area contributed by atoms with Gasteiger partial charge in [-0.25, -0.2) is 4.39 Å². The third-order valence-electron chi connectivity index (χ3n) is 5.94. The summed E-state index contributed by atoms with van der Waals surface area (Å²) in [5, 5.41) is 11.6. The van der Waals surface area contributed by atoms with E-state index in [1.54, 1.807) is 42.5 Å². The van der Waals surface area contributed by atoms with Crippen molar-refractivity contribution in [1.82, 2.24) is 0 Å². The number of halogens is 1. The molecule has 3 aromatic carbocycles. The number of benzene rings is 3. The summed E-state index contributed by atoms with van der Waals surface area (Å²) in [6.07, 6.45) is 0. The van der Waals surface area contributed by atoms with Crippen molar-refractivity contribution in [3.05, 3.63) is 101 Å². The van der Waals surface area contributed by atoms with Crippen LogP contribution in [-0.2, 0) is 4.79 Å². The SMILES string of the molecule is COc1ccccc1C1C(C(=O)c2cc3cccc(OC)c3o2)=C(O)C(=O)N1c1ccc(F)cc1. The average molecular weight is 473 g/mol. The third kappa shape index (κ3) is 3.59. The second-order valence-corrected chi connectivity index (χ2v) is 7.88. The molecule has 1 aromatic heterocycles. The van der Waals surface area contributed by atoms with E-state index in [2.05, 4.69) is 0 Å². The van der Waals surface area contributed by atoms with Gasteiger partial charge in [-0.2, -0.15) is 0 Å². The molecule has 0 saturated heterocycles. The van der Waals surface area contributed by atoms with Gasteiger partial charge in [0.05, 0.1) is 25.8 Å². The van der Waals surface area contributed by atoms with Crippen LogP contribution < -0.4 is 14.4 Å². The Bertz CT molecular complexity index is 1490. The van der Waals surface area contributed by atoms with Gasteiger partial charge >= 0.3 is 0 Å². The lowest BCUT2D eigenvalue weighted by Gasteiger charge is -2.27. The number of hydrogen-bond acceptors (Lipinski definition) is 6. The lowest BCUT2D eigenvalue weighted by molar-refractivity contribution is -0.117. The molecule has 0 saturated carbocycles. The van der Waals surface area contributed by atoms with Gasteiger partial charge in [-0.15, -0.1) is 0 Å². The quantitative estimate of drug-likeness (QED) is 0.379. The smallest absolute Gasteiger partial charge is 0.294 e. The molecule has 1 N–H and O–H groups in total. The topological polar surface area (TPSA) is 89.2 Å². The molecule has 1 amide bonds. The van der Waals surface area contributed by atoms with Crippen molar-refractivity contribution >= 4 is 28.3 Å². The monoisotopic (exact) mass is 473 g/mol. The highest BCUT2D eigenvalue weighted by Crippen LogP contribution is 2.45. The number of anilines is 1. The van der Waals surface area contributed by atoms with Gasteiger partial charge in [-0.1, -0.05) is 30.3 Å². The fourth-order valence-corrected chi connectivity index (χ4v) is 4.33. The Balaban J connectivity index is 1.69. The molecule has 7 nitrogen and oxygen atoms in total. The molecular weight excluding hydrogens is 453 g/mol. The molecule has 1 atom stereocenters. The van der Waals surface area contributed by atoms with Gasteiger partial charge in [0.2, 0.25) is 5.78 Å². The van der Waals surface area contributed by atoms with Gasteiger partial charge in [0.25, 0.3) is 5.91 Å². The Morgan fingerprint density at radius 1 is 0.971 bits per heavy atom. The normalized spacial score (nSPS) is 15.7. The van der Waals surface area contributed by atoms with Gasteiger partial charge in [-0.05, 0) is 42.5 Å². The van der Waals surface area contributed by atoms with E-state index in [9.17, 15) is 19.1 Å². The number of fused-ring (bicyclic) bond motifs is 1. The number of methoxy groups -OCH3 is 2. The van der Waals surface area contributed by atoms with Gasteiger partial charge in [0.1, 0.15) is 11.6 Å². The molecule has 0 bridgehead atoms. The predicted octanol–water partition coefficient (Wildman–Crippen LogP) is 5.37. The number of rotatable bonds is 6. The molecular formula is C27H20FNO6. The number of ether oxygens (including phenoxy) is 2. The first-order valence-corrected chi connectivity index (χ1v) is 10.7. The fourth-order valence-electron chi connectivity index (χ4n) is 4.33. The Morgan fingerprint density at radius 2 is 1.66 bits per heavy atom. The average Bonchev–Trinajstić information content (AvgIpc) is 3.43. The Morgan fingerprint density at radius 3 is 2.37 bits per heavy atom. The molecule has 8 heteroatoms. The zero-order valence-corrected chi connectivity index (χ0v) is 18.8. The van der Waals surface area contributed by atoms with E-state index in [0.29, 0.717) is 33.7 Å². The minimum absolute atomic E-state index is 0.0697. The highest BCUT2D eigenvalue weighted by molar-refractivity contribution is 6.20. The number of aliphatic hydroxyl groups excluding tert-OH is 1. The van der Waals surface area contributed by atoms with Crippen molar-refractivity contribution < 1.29 is 33.0 Å². The first-order chi connectivity index (χ1) is 16.9. The molecule has 2 heterocycles. The zero-order valence-electron chi connectivity index (χ0n) is 18.8. The van der Waals surface area contributed by atoms with Crippen molar-refractivity contribution in [2.24, 2.45) is 0 Å². The van der Waals surface area contributed by atoms with Gasteiger partial charge < -0.3 is 19.0 Å². The summed E-state index contributed by atoms with van der Waals surface area (Å²) in [6, 6.07) is 17.8. The van der Waals surface area contributed by atoms with Crippen LogP contribution in [0, 0.1) is 5.82 Å². The molecule has 176 valence electrons. The number of carbonyl (C=O) groups is 2. The van der Waals surface area contributed by atoms with Crippen LogP contribution in [0.5, 0.6) is 11.5 Å². The number of ketones is 1. The van der Waals surface area contributed by atoms with E-state index in [1.807, 2.05) is 0 Å². The van der Waals surface area contributed by atoms with E-state index in [1.165, 1.54) is 49.5 Å². The van der Waals surface area contributed by atoms with E-state index >= 15 is 0 Å². The summed E-state index contributed by atoms with van der Waals surface area (Å²) in [7, 11) is 2.95. The molecule has 0 spiro atoms. The van der Waals surface area contributed by atoms with Gasteiger partial charge in [0, 0.05) is 16.6 Å². The third-order valence-corrected chi connectivity index (χ3v) is 5.94. The Kier molecular flexibility index (Phi) is 5.49. The number of hydrogen-bond donors (Lipinski definition) is 1. The minimum Gasteiger partial charge on any atom is -0.503 e. The van der Waals surface area contributed by atoms with Crippen molar-refractivity contribution in [1.29, 1.82) is 0 Å². The van der Waals surface area contributed by atoms with E-state index in [4.69, 9.17) is 13.9 Å². The summed E-state index contributed by atoms with van der Waals surface area (Å²) >= 11 is 0. The van der Waals surface area contributed by atoms with Crippen LogP contribution in [0.3, 0.4) is 0 Å². The van der Waals surface area contributed by atoms with Crippen molar-refractivity contribution in [3.63, 3.8) is 0 Å². The van der Waals surface area contributed by atoms with Gasteiger partial charge in [-0.3, -0.25) is 14.5 Å². The highest BCUT2D eigenvalue weighted by Gasteiger charge is 2.46. The molecule has 5 rings (SSSR count). The molecule has 35 heavy (non-hydrogen) atoms. The second-order valence-electron chi connectivity index (χ2n) is 7.88. The van der Waals surface area contributed by atoms with Gasteiger partial charge in [0.15, 0.2) is 22.9 Å². The van der Waals surface area contributed by atoms with Crippen LogP contribution in [0.25, 0.3) is 11.0 Å². The first-order valence-electron chi connectivity index (χ1n) is 10.7. The molecule has 4 aromatic rings. The largest absolute Gasteiger partial charge is 0.503 e. The van der Waals surface area contributed by atoms with Crippen molar-refractivity contribution in [2.45, 2.75) is 6.04 Å². The van der Waals surface area contributed by atoms with E-state index < -0.39 is 29.3 Å². The number of furan rings is 1. The maximum absolute atomic E-state index is 13.8. The number of nitrogens with zero attached hydrogens (tertiary/aromatic N) is 1. The van der Waals surface area contributed by atoms with Crippen LogP contribution in [-0.4, -0.2) is 31.0 Å². The maximum atomic E-state index is 13.8.